The Kier molecular flexibility index (Phi) is 4.19. The van der Waals surface area contributed by atoms with Gasteiger partial charge in [-0.1, -0.05) is 145 Å². The molecule has 0 unspecified atom stereocenters. The molecule has 1 nitrogen and oxygen atoms in total. The van der Waals surface area contributed by atoms with E-state index in [1.165, 1.54) is 0 Å². The zero-order valence-electron chi connectivity index (χ0n) is 33.0. The van der Waals surface area contributed by atoms with Gasteiger partial charge in [0.25, 0.3) is 0 Å². The summed E-state index contributed by atoms with van der Waals surface area (Å²) in [7, 11) is 0. The molecule has 0 amide bonds. The normalized spacial score (nSPS) is 14.2. The molecule has 10 aromatic rings. The van der Waals surface area contributed by atoms with E-state index in [9.17, 15) is 5.48 Å². The van der Waals surface area contributed by atoms with Crippen molar-refractivity contribution in [3.05, 3.63) is 170 Å². The summed E-state index contributed by atoms with van der Waals surface area (Å²) in [6, 6.07) is 36.2. The van der Waals surface area contributed by atoms with E-state index in [0.29, 0.717) is 38.8 Å². The molecule has 0 N–H and O–H groups in total. The first-order valence-corrected chi connectivity index (χ1v) is 15.5. The second-order valence-corrected chi connectivity index (χ2v) is 11.8. The Morgan fingerprint density at radius 2 is 1.00 bits per heavy atom. The average molecular weight is 605 g/mol. The van der Waals surface area contributed by atoms with Crippen LogP contribution < -0.4 is 0 Å². The van der Waals surface area contributed by atoms with E-state index in [1.54, 1.807) is 6.07 Å². The molecule has 0 saturated heterocycles. The summed E-state index contributed by atoms with van der Waals surface area (Å²) in [4.78, 5) is 0. The van der Waals surface area contributed by atoms with Gasteiger partial charge in [0.2, 0.25) is 0 Å². The lowest BCUT2D eigenvalue weighted by Gasteiger charge is -2.19. The van der Waals surface area contributed by atoms with Crippen molar-refractivity contribution in [1.82, 2.24) is 0 Å². The Morgan fingerprint density at radius 1 is 0.383 bits per heavy atom. The van der Waals surface area contributed by atoms with Gasteiger partial charge in [-0.3, -0.25) is 0 Å². The molecule has 47 heavy (non-hydrogen) atoms. The highest BCUT2D eigenvalue weighted by atomic mass is 16.3. The summed E-state index contributed by atoms with van der Waals surface area (Å²) in [5.41, 5.74) is 4.82. The molecule has 0 spiro atoms. The summed E-state index contributed by atoms with van der Waals surface area (Å²) in [5.74, 6) is 0. The minimum Gasteiger partial charge on any atom is -0.456 e. The lowest BCUT2D eigenvalue weighted by molar-refractivity contribution is 0.669. The highest BCUT2D eigenvalue weighted by Crippen LogP contribution is 2.47. The van der Waals surface area contributed by atoms with Gasteiger partial charge < -0.3 is 4.42 Å². The predicted molar refractivity (Wildman–Crippen MR) is 200 cm³/mol. The van der Waals surface area contributed by atoms with Crippen LogP contribution in [0.4, 0.5) is 0 Å². The number of benzene rings is 9. The van der Waals surface area contributed by atoms with Crippen molar-refractivity contribution in [2.75, 3.05) is 0 Å². The Bertz CT molecular complexity index is 3220. The monoisotopic (exact) mass is 604 g/mol. The van der Waals surface area contributed by atoms with Gasteiger partial charge in [-0.2, -0.15) is 0 Å². The fraction of sp³-hybridized carbons (Fsp3) is 0. The molecule has 0 radical (unpaired) electrons. The SMILES string of the molecule is [2H]c1c([2H])c([2H])c2c(-c3cccc4oc5cc6ccccc6cc5c34)c3c([2H])c([2H])c([2H])c([2H])c3c(-c3ccc4cccc(-c5ccccc5)c4c3)c2c1[2H]. The number of furan rings is 1. The molecule has 0 aliphatic carbocycles. The van der Waals surface area contributed by atoms with E-state index in [2.05, 4.69) is 0 Å². The highest BCUT2D eigenvalue weighted by molar-refractivity contribution is 6.26. The van der Waals surface area contributed by atoms with Crippen LogP contribution in [0.15, 0.2) is 174 Å². The van der Waals surface area contributed by atoms with E-state index >= 15 is 0 Å². The number of rotatable bonds is 3. The first-order chi connectivity index (χ1) is 26.6. The summed E-state index contributed by atoms with van der Waals surface area (Å²) in [6.45, 7) is 0. The van der Waals surface area contributed by atoms with Gasteiger partial charge >= 0.3 is 0 Å². The Hall–Kier alpha value is -6.18. The summed E-state index contributed by atoms with van der Waals surface area (Å²) in [6.07, 6.45) is 0. The highest BCUT2D eigenvalue weighted by Gasteiger charge is 2.20. The lowest BCUT2D eigenvalue weighted by Crippen LogP contribution is -1.91. The molecule has 1 aromatic heterocycles. The molecule has 1 heteroatoms. The van der Waals surface area contributed by atoms with Crippen LogP contribution >= 0.6 is 0 Å². The Labute approximate surface area is 283 Å². The number of hydrogen-bond acceptors (Lipinski definition) is 1. The summed E-state index contributed by atoms with van der Waals surface area (Å²) >= 11 is 0. The van der Waals surface area contributed by atoms with E-state index in [0.717, 1.165) is 38.1 Å². The molecule has 0 atom stereocenters. The van der Waals surface area contributed by atoms with Crippen LogP contribution in [0.3, 0.4) is 0 Å². The van der Waals surface area contributed by atoms with Gasteiger partial charge in [-0.15, -0.1) is 0 Å². The second kappa shape index (κ2) is 10.2. The third kappa shape index (κ3) is 3.97. The maximum Gasteiger partial charge on any atom is 0.136 e. The van der Waals surface area contributed by atoms with Crippen molar-refractivity contribution in [1.29, 1.82) is 0 Å². The second-order valence-electron chi connectivity index (χ2n) is 11.8. The van der Waals surface area contributed by atoms with Gasteiger partial charge in [0.1, 0.15) is 11.2 Å². The van der Waals surface area contributed by atoms with Crippen molar-refractivity contribution < 1.29 is 15.4 Å². The molecular weight excluding hydrogens is 569 g/mol. The topological polar surface area (TPSA) is 13.1 Å². The molecule has 0 bridgehead atoms. The van der Waals surface area contributed by atoms with Crippen molar-refractivity contribution in [3.63, 3.8) is 0 Å². The molecule has 1 heterocycles. The quantitative estimate of drug-likeness (QED) is 0.183. The molecular formula is C46H28O. The van der Waals surface area contributed by atoms with Crippen LogP contribution in [-0.2, 0) is 0 Å². The van der Waals surface area contributed by atoms with Crippen molar-refractivity contribution in [3.8, 4) is 33.4 Å². The number of hydrogen-bond donors (Lipinski definition) is 0. The van der Waals surface area contributed by atoms with E-state index in [-0.39, 0.29) is 45.7 Å². The standard InChI is InChI=1S/C46H28O/c1-2-12-29(13-3-1)34-21-10-16-30-24-25-33(27-40(30)34)44-35-17-6-8-19-37(35)45(38-20-9-7-18-36(38)44)39-22-11-23-42-46(39)41-26-31-14-4-5-15-32(31)28-43(41)47-42/h1-28H/i6D,7D,8D,9D,17D,18D,19D,20D. The maximum absolute atomic E-state index is 9.48. The molecule has 0 fully saturated rings. The van der Waals surface area contributed by atoms with Gasteiger partial charge in [0.15, 0.2) is 0 Å². The average Bonchev–Trinajstić information content (AvgIpc) is 3.59. The summed E-state index contributed by atoms with van der Waals surface area (Å²) < 4.78 is 79.9. The molecule has 9 aromatic carbocycles. The van der Waals surface area contributed by atoms with Gasteiger partial charge in [0, 0.05) is 10.8 Å². The molecule has 0 aliphatic heterocycles. The van der Waals surface area contributed by atoms with Crippen LogP contribution in [0.5, 0.6) is 0 Å². The maximum atomic E-state index is 9.48. The lowest BCUT2D eigenvalue weighted by atomic mass is 9.84. The molecule has 0 aliphatic rings. The van der Waals surface area contributed by atoms with Crippen molar-refractivity contribution in [2.24, 2.45) is 0 Å². The van der Waals surface area contributed by atoms with E-state index in [1.807, 2.05) is 115 Å². The molecule has 0 saturated carbocycles. The minimum absolute atomic E-state index is 0.164. The summed E-state index contributed by atoms with van der Waals surface area (Å²) in [5, 5.41) is 5.93. The fourth-order valence-corrected chi connectivity index (χ4v) is 7.20. The van der Waals surface area contributed by atoms with E-state index in [4.69, 9.17) is 9.90 Å². The third-order valence-electron chi connectivity index (χ3n) is 9.26. The zero-order chi connectivity index (χ0) is 37.9. The minimum atomic E-state index is -0.440. The fourth-order valence-electron chi connectivity index (χ4n) is 7.20. The van der Waals surface area contributed by atoms with Gasteiger partial charge in [-0.25, -0.2) is 0 Å². The van der Waals surface area contributed by atoms with Crippen LogP contribution in [0.2, 0.25) is 0 Å². The predicted octanol–water partition coefficient (Wildman–Crippen LogP) is 13.2. The van der Waals surface area contributed by atoms with Crippen LogP contribution in [0.25, 0.3) is 98.4 Å². The van der Waals surface area contributed by atoms with Crippen molar-refractivity contribution >= 4 is 65.0 Å². The Balaban J connectivity index is 1.44. The number of fused-ring (bicyclic) bond motifs is 7. The van der Waals surface area contributed by atoms with Crippen molar-refractivity contribution in [2.45, 2.75) is 0 Å². The Morgan fingerprint density at radius 3 is 1.74 bits per heavy atom. The van der Waals surface area contributed by atoms with Crippen LogP contribution in [0, 0.1) is 0 Å². The first kappa shape index (κ1) is 19.4. The smallest absolute Gasteiger partial charge is 0.136 e. The largest absolute Gasteiger partial charge is 0.456 e. The first-order valence-electron chi connectivity index (χ1n) is 19.5. The zero-order valence-corrected chi connectivity index (χ0v) is 25.0. The van der Waals surface area contributed by atoms with Gasteiger partial charge in [-0.05, 0) is 101 Å². The molecule has 218 valence electrons. The van der Waals surface area contributed by atoms with Crippen LogP contribution in [0.1, 0.15) is 11.0 Å². The van der Waals surface area contributed by atoms with Crippen LogP contribution in [-0.4, -0.2) is 0 Å². The third-order valence-corrected chi connectivity index (χ3v) is 9.26. The molecule has 10 rings (SSSR count). The van der Waals surface area contributed by atoms with E-state index < -0.39 is 24.2 Å². The van der Waals surface area contributed by atoms with Gasteiger partial charge in [0.05, 0.1) is 11.0 Å².